The summed E-state index contributed by atoms with van der Waals surface area (Å²) in [5, 5.41) is 12.0. The molecule has 0 aromatic heterocycles. The molecule has 10 heteroatoms. The third-order valence-electron chi connectivity index (χ3n) is 3.25. The van der Waals surface area contributed by atoms with Crippen molar-refractivity contribution < 1.29 is 33.8 Å². The molecule has 0 aliphatic heterocycles. The fourth-order valence-corrected chi connectivity index (χ4v) is 1.82. The summed E-state index contributed by atoms with van der Waals surface area (Å²) in [7, 11) is 0. The number of rotatable bonds is 9. The van der Waals surface area contributed by atoms with E-state index in [0.29, 0.717) is 6.42 Å². The summed E-state index contributed by atoms with van der Waals surface area (Å²) in [6.07, 6.45) is 0.671. The van der Waals surface area contributed by atoms with E-state index in [1.54, 1.807) is 0 Å². The molecule has 1 rings (SSSR count). The van der Waals surface area contributed by atoms with Gasteiger partial charge in [0, 0.05) is 11.3 Å². The molecule has 0 atom stereocenters. The molecule has 1 amide bonds. The second-order valence-corrected chi connectivity index (χ2v) is 5.14. The summed E-state index contributed by atoms with van der Waals surface area (Å²) < 4.78 is 9.63. The van der Waals surface area contributed by atoms with E-state index in [-0.39, 0.29) is 19.6 Å². The topological polar surface area (TPSA) is 156 Å². The van der Waals surface area contributed by atoms with Crippen LogP contribution in [0.2, 0.25) is 0 Å². The van der Waals surface area contributed by atoms with Crippen LogP contribution < -0.4 is 0 Å². The van der Waals surface area contributed by atoms with Crippen LogP contribution in [0, 0.1) is 0 Å². The number of ketones is 1. The SMILES string of the molecule is C/C(C(=O)OCCOC(=O)CCc1ccccc1)=C(/O)C(=O)C(=O)N=[N+]=[N-]. The Morgan fingerprint density at radius 3 is 2.37 bits per heavy atom. The molecule has 10 nitrogen and oxygen atoms in total. The Balaban J connectivity index is 2.38. The second-order valence-electron chi connectivity index (χ2n) is 5.14. The van der Waals surface area contributed by atoms with Crippen molar-refractivity contribution in [1.82, 2.24) is 0 Å². The standard InChI is InChI=1S/C17H17N3O7/c1-11(14(22)15(23)16(24)19-20-18)17(25)27-10-9-26-13(21)8-7-12-5-3-2-4-6-12/h2-6,22H,7-10H2,1H3/b14-11-. The quantitative estimate of drug-likeness (QED) is 0.101. The molecule has 0 spiro atoms. The Morgan fingerprint density at radius 1 is 1.11 bits per heavy atom. The first kappa shape index (κ1) is 21.4. The maximum absolute atomic E-state index is 11.7. The number of carbonyl (C=O) groups is 4. The number of hydrogen-bond donors (Lipinski definition) is 1. The Morgan fingerprint density at radius 2 is 1.74 bits per heavy atom. The minimum Gasteiger partial charge on any atom is -0.504 e. The van der Waals surface area contributed by atoms with E-state index in [1.807, 2.05) is 30.3 Å². The highest BCUT2D eigenvalue weighted by molar-refractivity contribution is 6.42. The lowest BCUT2D eigenvalue weighted by atomic mass is 10.1. The van der Waals surface area contributed by atoms with Gasteiger partial charge in [0.05, 0.1) is 5.57 Å². The normalized spacial score (nSPS) is 10.9. The van der Waals surface area contributed by atoms with Crippen LogP contribution in [-0.4, -0.2) is 41.9 Å². The first-order valence-electron chi connectivity index (χ1n) is 7.77. The van der Waals surface area contributed by atoms with Gasteiger partial charge in [-0.2, -0.15) is 0 Å². The Hall–Kier alpha value is -3.65. The van der Waals surface area contributed by atoms with Crippen molar-refractivity contribution in [3.05, 3.63) is 57.7 Å². The molecule has 142 valence electrons. The fourth-order valence-electron chi connectivity index (χ4n) is 1.82. The zero-order chi connectivity index (χ0) is 20.2. The third kappa shape index (κ3) is 7.41. The van der Waals surface area contributed by atoms with Crippen molar-refractivity contribution >= 4 is 23.6 Å². The van der Waals surface area contributed by atoms with Crippen molar-refractivity contribution in [2.24, 2.45) is 5.11 Å². The van der Waals surface area contributed by atoms with Gasteiger partial charge < -0.3 is 14.6 Å². The molecule has 1 aromatic carbocycles. The highest BCUT2D eigenvalue weighted by Gasteiger charge is 2.23. The van der Waals surface area contributed by atoms with Gasteiger partial charge in [-0.05, 0) is 29.6 Å². The summed E-state index contributed by atoms with van der Waals surface area (Å²) >= 11 is 0. The van der Waals surface area contributed by atoms with Crippen LogP contribution in [-0.2, 0) is 35.1 Å². The molecular weight excluding hydrogens is 358 g/mol. The highest BCUT2D eigenvalue weighted by Crippen LogP contribution is 2.06. The highest BCUT2D eigenvalue weighted by atomic mass is 16.6. The Labute approximate surface area is 154 Å². The van der Waals surface area contributed by atoms with Crippen molar-refractivity contribution in [3.63, 3.8) is 0 Å². The van der Waals surface area contributed by atoms with E-state index in [1.165, 1.54) is 0 Å². The van der Waals surface area contributed by atoms with E-state index in [4.69, 9.17) is 15.0 Å². The molecule has 0 aliphatic rings. The Bertz CT molecular complexity index is 796. The molecule has 1 N–H and O–H groups in total. The number of azide groups is 1. The third-order valence-corrected chi connectivity index (χ3v) is 3.25. The second kappa shape index (κ2) is 11.1. The van der Waals surface area contributed by atoms with E-state index in [2.05, 4.69) is 10.0 Å². The van der Waals surface area contributed by atoms with Crippen molar-refractivity contribution in [3.8, 4) is 0 Å². The van der Waals surface area contributed by atoms with Gasteiger partial charge in [0.25, 0.3) is 11.7 Å². The van der Waals surface area contributed by atoms with Crippen molar-refractivity contribution in [1.29, 1.82) is 0 Å². The van der Waals surface area contributed by atoms with Gasteiger partial charge in [-0.1, -0.05) is 30.3 Å². The maximum Gasteiger partial charge on any atom is 0.337 e. The molecule has 0 aliphatic carbocycles. The summed E-state index contributed by atoms with van der Waals surface area (Å²) in [6, 6.07) is 9.34. The van der Waals surface area contributed by atoms with Crippen molar-refractivity contribution in [2.75, 3.05) is 13.2 Å². The zero-order valence-corrected chi connectivity index (χ0v) is 14.5. The van der Waals surface area contributed by atoms with Crippen LogP contribution in [0.15, 0.2) is 46.8 Å². The molecule has 0 unspecified atom stereocenters. The maximum atomic E-state index is 11.7. The van der Waals surface area contributed by atoms with Gasteiger partial charge in [0.1, 0.15) is 13.2 Å². The lowest BCUT2D eigenvalue weighted by Gasteiger charge is -2.07. The van der Waals surface area contributed by atoms with E-state index >= 15 is 0 Å². The number of aryl methyl sites for hydroxylation is 1. The number of carbonyl (C=O) groups excluding carboxylic acids is 4. The van der Waals surface area contributed by atoms with E-state index in [9.17, 15) is 24.3 Å². The average Bonchev–Trinajstić information content (AvgIpc) is 2.68. The predicted octanol–water partition coefficient (Wildman–Crippen LogP) is 1.94. The number of amides is 1. The molecule has 0 radical (unpaired) electrons. The first-order chi connectivity index (χ1) is 12.9. The van der Waals surface area contributed by atoms with Gasteiger partial charge in [-0.25, -0.2) is 4.79 Å². The number of aliphatic hydroxyl groups is 1. The number of aliphatic hydroxyl groups excluding tert-OH is 1. The molecule has 0 saturated heterocycles. The summed E-state index contributed by atoms with van der Waals surface area (Å²) in [5.74, 6) is -5.84. The first-order valence-corrected chi connectivity index (χ1v) is 7.77. The fraction of sp³-hybridized carbons (Fsp3) is 0.294. The molecule has 0 heterocycles. The number of benzene rings is 1. The Kier molecular flexibility index (Phi) is 8.76. The van der Waals surface area contributed by atoms with E-state index in [0.717, 1.165) is 12.5 Å². The van der Waals surface area contributed by atoms with Crippen LogP contribution in [0.3, 0.4) is 0 Å². The number of Topliss-reactive ketones (excluding diaryl/α,β-unsaturated/α-hetero) is 1. The predicted molar refractivity (Wildman–Crippen MR) is 91.2 cm³/mol. The van der Waals surface area contributed by atoms with Gasteiger partial charge in [0.2, 0.25) is 0 Å². The summed E-state index contributed by atoms with van der Waals surface area (Å²) in [6.45, 7) is 0.531. The van der Waals surface area contributed by atoms with Crippen LogP contribution in [0.5, 0.6) is 0 Å². The van der Waals surface area contributed by atoms with Crippen LogP contribution in [0.4, 0.5) is 0 Å². The van der Waals surface area contributed by atoms with Crippen LogP contribution >= 0.6 is 0 Å². The lowest BCUT2D eigenvalue weighted by Crippen LogP contribution is -2.19. The van der Waals surface area contributed by atoms with Crippen molar-refractivity contribution in [2.45, 2.75) is 19.8 Å². The zero-order valence-electron chi connectivity index (χ0n) is 14.5. The van der Waals surface area contributed by atoms with Gasteiger partial charge in [-0.3, -0.25) is 14.4 Å². The smallest absolute Gasteiger partial charge is 0.337 e. The minimum absolute atomic E-state index is 0.160. The monoisotopic (exact) mass is 375 g/mol. The largest absolute Gasteiger partial charge is 0.504 e. The molecule has 0 saturated carbocycles. The van der Waals surface area contributed by atoms with E-state index < -0.39 is 35.0 Å². The number of esters is 2. The number of hydrogen-bond acceptors (Lipinski definition) is 7. The van der Waals surface area contributed by atoms with Gasteiger partial charge >= 0.3 is 11.9 Å². The molecule has 0 bridgehead atoms. The number of nitrogens with zero attached hydrogens (tertiary/aromatic N) is 3. The molecule has 27 heavy (non-hydrogen) atoms. The summed E-state index contributed by atoms with van der Waals surface area (Å²) in [5.41, 5.74) is 8.50. The van der Waals surface area contributed by atoms with Crippen LogP contribution in [0.25, 0.3) is 10.4 Å². The molecule has 1 aromatic rings. The number of ether oxygens (including phenoxy) is 2. The van der Waals surface area contributed by atoms with Gasteiger partial charge in [0.15, 0.2) is 5.76 Å². The van der Waals surface area contributed by atoms with Gasteiger partial charge in [-0.15, -0.1) is 0 Å². The average molecular weight is 375 g/mol. The van der Waals surface area contributed by atoms with Crippen LogP contribution in [0.1, 0.15) is 18.9 Å². The minimum atomic E-state index is -1.56. The lowest BCUT2D eigenvalue weighted by molar-refractivity contribution is -0.150. The molecule has 0 fully saturated rings. The summed E-state index contributed by atoms with van der Waals surface area (Å²) in [4.78, 5) is 47.8. The molecular formula is C17H17N3O7.